The predicted octanol–water partition coefficient (Wildman–Crippen LogP) is 4.50. The van der Waals surface area contributed by atoms with E-state index in [2.05, 4.69) is 15.0 Å². The Kier molecular flexibility index (Phi) is 6.94. The van der Waals surface area contributed by atoms with Crippen LogP contribution in [0.2, 0.25) is 0 Å². The Hall–Kier alpha value is -3.47. The van der Waals surface area contributed by atoms with Crippen molar-refractivity contribution < 1.29 is 36.7 Å². The largest absolute Gasteiger partial charge is 0.493 e. The summed E-state index contributed by atoms with van der Waals surface area (Å²) < 4.78 is 66.2. The van der Waals surface area contributed by atoms with E-state index >= 15 is 0 Å². The van der Waals surface area contributed by atoms with E-state index in [0.717, 1.165) is 6.07 Å². The number of methoxy groups -OCH3 is 1. The monoisotopic (exact) mass is 496 g/mol. The number of carbonyl (C=O) groups excluding carboxylic acids is 1. The van der Waals surface area contributed by atoms with Gasteiger partial charge in [-0.05, 0) is 36.1 Å². The number of aryl methyl sites for hydroxylation is 1. The van der Waals surface area contributed by atoms with Crippen LogP contribution in [0.5, 0.6) is 5.75 Å². The van der Waals surface area contributed by atoms with Gasteiger partial charge in [0.1, 0.15) is 0 Å². The second-order valence-corrected chi connectivity index (χ2v) is 8.72. The molecule has 188 valence electrons. The molecule has 0 spiro atoms. The zero-order valence-electron chi connectivity index (χ0n) is 19.4. The summed E-state index contributed by atoms with van der Waals surface area (Å²) in [6, 6.07) is 7.53. The highest BCUT2D eigenvalue weighted by molar-refractivity contribution is 5.99. The van der Waals surface area contributed by atoms with Gasteiger partial charge in [-0.1, -0.05) is 38.1 Å². The van der Waals surface area contributed by atoms with Crippen molar-refractivity contribution in [1.29, 1.82) is 0 Å². The first-order valence-electron chi connectivity index (χ1n) is 10.6. The zero-order valence-corrected chi connectivity index (χ0v) is 19.4. The highest BCUT2D eigenvalue weighted by Gasteiger charge is 2.61. The van der Waals surface area contributed by atoms with E-state index in [-0.39, 0.29) is 22.4 Å². The molecule has 3 rings (SSSR count). The highest BCUT2D eigenvalue weighted by atomic mass is 19.4. The first kappa shape index (κ1) is 26.1. The van der Waals surface area contributed by atoms with Gasteiger partial charge in [0.15, 0.2) is 11.6 Å². The number of hydrogen-bond donors (Lipinski definition) is 2. The molecule has 35 heavy (non-hydrogen) atoms. The maximum absolute atomic E-state index is 14.2. The number of anilines is 1. The Labute approximate surface area is 197 Å². The van der Waals surface area contributed by atoms with Crippen LogP contribution in [0.15, 0.2) is 45.7 Å². The summed E-state index contributed by atoms with van der Waals surface area (Å²) in [6.45, 7) is 4.41. The molecule has 3 aromatic rings. The zero-order chi connectivity index (χ0) is 26.2. The average molecular weight is 496 g/mol. The number of alkyl halides is 3. The van der Waals surface area contributed by atoms with Crippen LogP contribution in [0.25, 0.3) is 10.8 Å². The fourth-order valence-corrected chi connectivity index (χ4v) is 4.02. The van der Waals surface area contributed by atoms with Gasteiger partial charge in [-0.3, -0.25) is 4.79 Å². The molecule has 0 saturated carbocycles. The molecule has 2 N–H and O–H groups in total. The molecule has 0 radical (unpaired) electrons. The van der Waals surface area contributed by atoms with E-state index in [1.807, 2.05) is 0 Å². The SMILES string of the molecule is CCc1noc(=O)c2ccc(NC(=O)C(O)(CC(C)(C)c3cccc(F)c3OC)C(F)(F)F)cc12. The van der Waals surface area contributed by atoms with Crippen molar-refractivity contribution in [3.8, 4) is 5.75 Å². The van der Waals surface area contributed by atoms with Gasteiger partial charge in [0.2, 0.25) is 5.60 Å². The number of ether oxygens (including phenoxy) is 1. The van der Waals surface area contributed by atoms with Crippen molar-refractivity contribution in [3.05, 3.63) is 63.9 Å². The maximum atomic E-state index is 14.2. The lowest BCUT2D eigenvalue weighted by molar-refractivity contribution is -0.254. The number of hydrogen-bond acceptors (Lipinski definition) is 6. The Morgan fingerprint density at radius 1 is 1.17 bits per heavy atom. The second kappa shape index (κ2) is 9.29. The number of fused-ring (bicyclic) bond motifs is 1. The number of rotatable bonds is 7. The predicted molar refractivity (Wildman–Crippen MR) is 120 cm³/mol. The quantitative estimate of drug-likeness (QED) is 0.467. The van der Waals surface area contributed by atoms with Crippen molar-refractivity contribution in [1.82, 2.24) is 5.16 Å². The lowest BCUT2D eigenvalue weighted by Gasteiger charge is -2.37. The number of aromatic nitrogens is 1. The van der Waals surface area contributed by atoms with Gasteiger partial charge >= 0.3 is 11.8 Å². The third kappa shape index (κ3) is 4.86. The third-order valence-corrected chi connectivity index (χ3v) is 5.82. The molecule has 0 saturated heterocycles. The summed E-state index contributed by atoms with van der Waals surface area (Å²) in [4.78, 5) is 24.8. The Balaban J connectivity index is 2.01. The summed E-state index contributed by atoms with van der Waals surface area (Å²) in [5.41, 5.74) is -5.81. The lowest BCUT2D eigenvalue weighted by atomic mass is 9.74. The molecule has 2 aromatic carbocycles. The van der Waals surface area contributed by atoms with E-state index in [1.54, 1.807) is 6.92 Å². The molecule has 1 amide bonds. The topological polar surface area (TPSA) is 102 Å². The Morgan fingerprint density at radius 2 is 1.86 bits per heavy atom. The molecule has 11 heteroatoms. The number of halogens is 4. The molecule has 0 fully saturated rings. The van der Waals surface area contributed by atoms with Crippen LogP contribution in [-0.2, 0) is 16.6 Å². The molecular formula is C24H24F4N2O5. The number of nitrogens with one attached hydrogen (secondary N) is 1. The lowest BCUT2D eigenvalue weighted by Crippen LogP contribution is -2.57. The van der Waals surface area contributed by atoms with E-state index in [4.69, 9.17) is 4.74 Å². The van der Waals surface area contributed by atoms with Gasteiger partial charge in [-0.2, -0.15) is 13.2 Å². The van der Waals surface area contributed by atoms with Crippen molar-refractivity contribution in [2.24, 2.45) is 0 Å². The summed E-state index contributed by atoms with van der Waals surface area (Å²) in [5.74, 6) is -2.81. The molecule has 0 aliphatic heterocycles. The van der Waals surface area contributed by atoms with Crippen molar-refractivity contribution in [2.75, 3.05) is 12.4 Å². The minimum Gasteiger partial charge on any atom is -0.493 e. The van der Waals surface area contributed by atoms with Crippen LogP contribution in [0, 0.1) is 5.82 Å². The summed E-state index contributed by atoms with van der Waals surface area (Å²) in [6.07, 6.45) is -6.15. The fourth-order valence-electron chi connectivity index (χ4n) is 4.02. The van der Waals surface area contributed by atoms with E-state index in [0.29, 0.717) is 17.5 Å². The first-order chi connectivity index (χ1) is 16.2. The van der Waals surface area contributed by atoms with Gasteiger partial charge in [-0.15, -0.1) is 0 Å². The number of carbonyl (C=O) groups is 1. The molecule has 7 nitrogen and oxygen atoms in total. The average Bonchev–Trinajstić information content (AvgIpc) is 2.78. The molecule has 0 aliphatic carbocycles. The van der Waals surface area contributed by atoms with Crippen molar-refractivity contribution >= 4 is 22.4 Å². The van der Waals surface area contributed by atoms with Crippen LogP contribution in [0.3, 0.4) is 0 Å². The third-order valence-electron chi connectivity index (χ3n) is 5.82. The summed E-state index contributed by atoms with van der Waals surface area (Å²) in [5, 5.41) is 16.9. The molecule has 1 atom stereocenters. The van der Waals surface area contributed by atoms with E-state index < -0.39 is 41.0 Å². The molecular weight excluding hydrogens is 472 g/mol. The fraction of sp³-hybridized carbons (Fsp3) is 0.375. The molecule has 1 heterocycles. The Morgan fingerprint density at radius 3 is 2.46 bits per heavy atom. The minimum atomic E-state index is -5.37. The molecule has 0 bridgehead atoms. The van der Waals surface area contributed by atoms with Crippen molar-refractivity contribution in [3.63, 3.8) is 0 Å². The van der Waals surface area contributed by atoms with E-state index in [9.17, 15) is 32.3 Å². The second-order valence-electron chi connectivity index (χ2n) is 8.72. The smallest absolute Gasteiger partial charge is 0.426 e. The number of amides is 1. The number of nitrogens with zero attached hydrogens (tertiary/aromatic N) is 1. The van der Waals surface area contributed by atoms with Crippen LogP contribution in [0.4, 0.5) is 23.2 Å². The highest BCUT2D eigenvalue weighted by Crippen LogP contribution is 2.44. The minimum absolute atomic E-state index is 0.0477. The maximum Gasteiger partial charge on any atom is 0.426 e. The van der Waals surface area contributed by atoms with Gasteiger partial charge in [0.25, 0.3) is 5.91 Å². The molecule has 1 unspecified atom stereocenters. The van der Waals surface area contributed by atoms with Gasteiger partial charge < -0.3 is 19.7 Å². The standard InChI is InChI=1S/C24H24F4N2O5/c1-5-18-15-11-13(9-10-14(15)20(31)35-30-18)29-21(32)23(33,24(26,27)28)12-22(2,3)16-7-6-8-17(25)19(16)34-4/h6-11,33H,5,12H2,1-4H3,(H,29,32). The summed E-state index contributed by atoms with van der Waals surface area (Å²) in [7, 11) is 1.17. The number of aliphatic hydroxyl groups is 1. The summed E-state index contributed by atoms with van der Waals surface area (Å²) >= 11 is 0. The van der Waals surface area contributed by atoms with Crippen LogP contribution >= 0.6 is 0 Å². The number of para-hydroxylation sites is 1. The van der Waals surface area contributed by atoms with Gasteiger partial charge in [0.05, 0.1) is 18.2 Å². The normalized spacial score (nSPS) is 14.0. The van der Waals surface area contributed by atoms with Gasteiger partial charge in [0, 0.05) is 23.1 Å². The number of benzene rings is 2. The van der Waals surface area contributed by atoms with Crippen LogP contribution < -0.4 is 15.7 Å². The van der Waals surface area contributed by atoms with E-state index in [1.165, 1.54) is 51.3 Å². The van der Waals surface area contributed by atoms with Crippen molar-refractivity contribution in [2.45, 2.75) is 50.8 Å². The first-order valence-corrected chi connectivity index (χ1v) is 10.6. The Bertz CT molecular complexity index is 1320. The van der Waals surface area contributed by atoms with Gasteiger partial charge in [-0.25, -0.2) is 9.18 Å². The molecule has 0 aliphatic rings. The van der Waals surface area contributed by atoms with Crippen LogP contribution in [0.1, 0.15) is 38.4 Å². The molecule has 1 aromatic heterocycles. The van der Waals surface area contributed by atoms with Crippen LogP contribution in [-0.4, -0.2) is 35.1 Å².